The number of carbonyl (C=O) groups excluding carboxylic acids is 1. The Morgan fingerprint density at radius 2 is 2.21 bits per heavy atom. The lowest BCUT2D eigenvalue weighted by Crippen LogP contribution is -2.34. The van der Waals surface area contributed by atoms with Gasteiger partial charge in [0.05, 0.1) is 11.1 Å². The molecule has 1 unspecified atom stereocenters. The Balaban J connectivity index is 2.06. The first-order valence-electron chi connectivity index (χ1n) is 6.04. The van der Waals surface area contributed by atoms with E-state index < -0.39 is 6.10 Å². The molecule has 0 radical (unpaired) electrons. The summed E-state index contributed by atoms with van der Waals surface area (Å²) < 4.78 is 10.4. The van der Waals surface area contributed by atoms with E-state index in [9.17, 15) is 9.90 Å². The molecule has 1 aromatic rings. The summed E-state index contributed by atoms with van der Waals surface area (Å²) in [7, 11) is 0. The Morgan fingerprint density at radius 3 is 2.89 bits per heavy atom. The number of carbonyl (C=O) groups is 1. The van der Waals surface area contributed by atoms with Crippen LogP contribution in [0.2, 0.25) is 5.02 Å². The van der Waals surface area contributed by atoms with Crippen LogP contribution < -0.4 is 14.8 Å². The molecule has 0 saturated carbocycles. The van der Waals surface area contributed by atoms with Crippen LogP contribution in [0.15, 0.2) is 12.1 Å². The van der Waals surface area contributed by atoms with Gasteiger partial charge in [-0.05, 0) is 18.1 Å². The molecule has 0 spiro atoms. The largest absolute Gasteiger partial charge is 0.454 e. The molecule has 0 aliphatic carbocycles. The summed E-state index contributed by atoms with van der Waals surface area (Å²) in [5.41, 5.74) is 0.380. The molecule has 104 valence electrons. The molecule has 2 N–H and O–H groups in total. The van der Waals surface area contributed by atoms with E-state index in [1.807, 2.05) is 13.8 Å². The number of halogens is 1. The van der Waals surface area contributed by atoms with Crippen LogP contribution in [0.4, 0.5) is 0 Å². The molecule has 6 heteroatoms. The van der Waals surface area contributed by atoms with Crippen LogP contribution in [0.25, 0.3) is 0 Å². The van der Waals surface area contributed by atoms with Crippen LogP contribution in [-0.2, 0) is 0 Å². The normalized spacial score (nSPS) is 14.6. The summed E-state index contributed by atoms with van der Waals surface area (Å²) in [6.07, 6.45) is -0.576. The minimum absolute atomic E-state index is 0.0839. The SMILES string of the molecule is CC(C)C(O)CNC(=O)c1cc(Cl)c2c(c1)OCO2. The molecule has 19 heavy (non-hydrogen) atoms. The number of amides is 1. The van der Waals surface area contributed by atoms with Crippen molar-refractivity contribution in [3.05, 3.63) is 22.7 Å². The summed E-state index contributed by atoms with van der Waals surface area (Å²) in [5.74, 6) is 0.697. The fourth-order valence-electron chi connectivity index (χ4n) is 1.63. The van der Waals surface area contributed by atoms with Gasteiger partial charge in [-0.1, -0.05) is 25.4 Å². The maximum Gasteiger partial charge on any atom is 0.251 e. The average Bonchev–Trinajstić information content (AvgIpc) is 2.83. The maximum atomic E-state index is 11.9. The zero-order valence-electron chi connectivity index (χ0n) is 10.8. The lowest BCUT2D eigenvalue weighted by atomic mass is 10.1. The average molecular weight is 286 g/mol. The van der Waals surface area contributed by atoms with Crippen molar-refractivity contribution in [2.24, 2.45) is 5.92 Å². The molecule has 1 aliphatic rings. The lowest BCUT2D eigenvalue weighted by molar-refractivity contribution is 0.0871. The van der Waals surface area contributed by atoms with E-state index in [1.165, 1.54) is 6.07 Å². The van der Waals surface area contributed by atoms with E-state index in [4.69, 9.17) is 21.1 Å². The second-order valence-corrected chi connectivity index (χ2v) is 5.12. The molecule has 1 aliphatic heterocycles. The zero-order valence-corrected chi connectivity index (χ0v) is 11.5. The molecule has 0 fully saturated rings. The van der Waals surface area contributed by atoms with Gasteiger partial charge in [0, 0.05) is 12.1 Å². The summed E-state index contributed by atoms with van der Waals surface area (Å²) >= 11 is 6.00. The van der Waals surface area contributed by atoms with Crippen molar-refractivity contribution < 1.29 is 19.4 Å². The minimum Gasteiger partial charge on any atom is -0.454 e. The predicted octanol–water partition coefficient (Wildman–Crippen LogP) is 1.82. The number of hydrogen-bond acceptors (Lipinski definition) is 4. The number of nitrogens with one attached hydrogen (secondary N) is 1. The van der Waals surface area contributed by atoms with Crippen LogP contribution in [-0.4, -0.2) is 30.5 Å². The first-order valence-corrected chi connectivity index (χ1v) is 6.42. The number of rotatable bonds is 4. The van der Waals surface area contributed by atoms with Gasteiger partial charge < -0.3 is 19.9 Å². The molecular formula is C13H16ClNO4. The van der Waals surface area contributed by atoms with E-state index in [1.54, 1.807) is 6.07 Å². The van der Waals surface area contributed by atoms with Crippen LogP contribution in [0.3, 0.4) is 0 Å². The Hall–Kier alpha value is -1.46. The number of aliphatic hydroxyl groups excluding tert-OH is 1. The molecule has 1 heterocycles. The predicted molar refractivity (Wildman–Crippen MR) is 70.8 cm³/mol. The highest BCUT2D eigenvalue weighted by molar-refractivity contribution is 6.32. The standard InChI is InChI=1S/C13H16ClNO4/c1-7(2)10(16)5-15-13(17)8-3-9(14)12-11(4-8)18-6-19-12/h3-4,7,10,16H,5-6H2,1-2H3,(H,15,17). The van der Waals surface area contributed by atoms with Crippen LogP contribution in [0.5, 0.6) is 11.5 Å². The molecule has 2 rings (SSSR count). The monoisotopic (exact) mass is 285 g/mol. The van der Waals surface area contributed by atoms with Crippen molar-refractivity contribution in [2.75, 3.05) is 13.3 Å². The molecule has 0 saturated heterocycles. The summed E-state index contributed by atoms with van der Waals surface area (Å²) in [4.78, 5) is 11.9. The molecule has 0 aromatic heterocycles. The molecule has 1 atom stereocenters. The second-order valence-electron chi connectivity index (χ2n) is 4.71. The van der Waals surface area contributed by atoms with Crippen LogP contribution in [0, 0.1) is 5.92 Å². The molecule has 1 amide bonds. The van der Waals surface area contributed by atoms with Crippen molar-refractivity contribution in [1.82, 2.24) is 5.32 Å². The third kappa shape index (κ3) is 3.11. The van der Waals surface area contributed by atoms with Crippen LogP contribution >= 0.6 is 11.6 Å². The highest BCUT2D eigenvalue weighted by Gasteiger charge is 2.21. The zero-order chi connectivity index (χ0) is 14.0. The smallest absolute Gasteiger partial charge is 0.251 e. The van der Waals surface area contributed by atoms with E-state index in [2.05, 4.69) is 5.32 Å². The third-order valence-electron chi connectivity index (χ3n) is 2.93. The van der Waals surface area contributed by atoms with Gasteiger partial charge in [0.25, 0.3) is 5.91 Å². The van der Waals surface area contributed by atoms with Gasteiger partial charge in [0.2, 0.25) is 6.79 Å². The summed E-state index contributed by atoms with van der Waals surface area (Å²) in [6, 6.07) is 3.09. The molecule has 0 bridgehead atoms. The Labute approximate surface area is 116 Å². The van der Waals surface area contributed by atoms with Gasteiger partial charge in [-0.25, -0.2) is 0 Å². The number of aliphatic hydroxyl groups is 1. The van der Waals surface area contributed by atoms with Gasteiger partial charge >= 0.3 is 0 Å². The molecule has 1 aromatic carbocycles. The third-order valence-corrected chi connectivity index (χ3v) is 3.21. The van der Waals surface area contributed by atoms with Gasteiger partial charge in [0.1, 0.15) is 0 Å². The van der Waals surface area contributed by atoms with E-state index in [0.717, 1.165) is 0 Å². The minimum atomic E-state index is -0.576. The second kappa shape index (κ2) is 5.67. The Bertz CT molecular complexity index is 490. The van der Waals surface area contributed by atoms with E-state index in [-0.39, 0.29) is 25.2 Å². The molecule has 5 nitrogen and oxygen atoms in total. The van der Waals surface area contributed by atoms with Crippen molar-refractivity contribution >= 4 is 17.5 Å². The topological polar surface area (TPSA) is 67.8 Å². The number of benzene rings is 1. The van der Waals surface area contributed by atoms with Crippen molar-refractivity contribution in [2.45, 2.75) is 20.0 Å². The number of ether oxygens (including phenoxy) is 2. The number of fused-ring (bicyclic) bond motifs is 1. The van der Waals surface area contributed by atoms with E-state index in [0.29, 0.717) is 22.1 Å². The molecular weight excluding hydrogens is 270 g/mol. The van der Waals surface area contributed by atoms with Gasteiger partial charge in [-0.15, -0.1) is 0 Å². The first kappa shape index (κ1) is 14.0. The van der Waals surface area contributed by atoms with Crippen LogP contribution in [0.1, 0.15) is 24.2 Å². The van der Waals surface area contributed by atoms with Gasteiger partial charge in [0.15, 0.2) is 11.5 Å². The highest BCUT2D eigenvalue weighted by Crippen LogP contribution is 2.39. The Morgan fingerprint density at radius 1 is 1.47 bits per heavy atom. The Kier molecular flexibility index (Phi) is 4.17. The fraction of sp³-hybridized carbons (Fsp3) is 0.462. The highest BCUT2D eigenvalue weighted by atomic mass is 35.5. The number of hydrogen-bond donors (Lipinski definition) is 2. The van der Waals surface area contributed by atoms with Crippen molar-refractivity contribution in [3.63, 3.8) is 0 Å². The fourth-order valence-corrected chi connectivity index (χ4v) is 1.90. The van der Waals surface area contributed by atoms with Gasteiger partial charge in [-0.2, -0.15) is 0 Å². The van der Waals surface area contributed by atoms with Gasteiger partial charge in [-0.3, -0.25) is 4.79 Å². The summed E-state index contributed by atoms with van der Waals surface area (Å²) in [5, 5.41) is 12.6. The van der Waals surface area contributed by atoms with Crippen molar-refractivity contribution in [3.8, 4) is 11.5 Å². The van der Waals surface area contributed by atoms with E-state index >= 15 is 0 Å². The van der Waals surface area contributed by atoms with Crippen molar-refractivity contribution in [1.29, 1.82) is 0 Å². The summed E-state index contributed by atoms with van der Waals surface area (Å²) in [6.45, 7) is 4.07. The first-order chi connectivity index (χ1) is 8.99. The lowest BCUT2D eigenvalue weighted by Gasteiger charge is -2.15. The quantitative estimate of drug-likeness (QED) is 0.885. The maximum absolute atomic E-state index is 11.9.